The van der Waals surface area contributed by atoms with Crippen molar-refractivity contribution in [2.24, 2.45) is 0 Å². The quantitative estimate of drug-likeness (QED) is 0.615. The number of hydrogen-bond donors (Lipinski definition) is 3. The van der Waals surface area contributed by atoms with Gasteiger partial charge in [0.15, 0.2) is 11.9 Å². The third-order valence-electron chi connectivity index (χ3n) is 1.98. The van der Waals surface area contributed by atoms with E-state index in [1.165, 1.54) is 20.2 Å². The van der Waals surface area contributed by atoms with Gasteiger partial charge in [-0.1, -0.05) is 0 Å². The van der Waals surface area contributed by atoms with Crippen molar-refractivity contribution in [3.8, 4) is 0 Å². The second-order valence-corrected chi connectivity index (χ2v) is 3.30. The smallest absolute Gasteiger partial charge is 0.329 e. The zero-order chi connectivity index (χ0) is 11.6. The molecule has 0 amide bonds. The van der Waals surface area contributed by atoms with Crippen LogP contribution < -0.4 is 0 Å². The molecular formula is C8H13N3O4. The maximum Gasteiger partial charge on any atom is 0.329 e. The summed E-state index contributed by atoms with van der Waals surface area (Å²) in [5.74, 6) is -1.09. The van der Waals surface area contributed by atoms with Crippen LogP contribution in [-0.2, 0) is 4.79 Å². The standard InChI is InChI=1S/C8H13N3O4/c1-4(12)6(8(14)15)11-3-9-10-7(11)5(2)13/h3-6,12-13H,1-2H3,(H,14,15). The van der Waals surface area contributed by atoms with Gasteiger partial charge in [0.2, 0.25) is 0 Å². The molecule has 3 unspecified atom stereocenters. The van der Waals surface area contributed by atoms with E-state index in [1.54, 1.807) is 0 Å². The number of nitrogens with zero attached hydrogens (tertiary/aromatic N) is 3. The van der Waals surface area contributed by atoms with E-state index >= 15 is 0 Å². The molecule has 84 valence electrons. The van der Waals surface area contributed by atoms with Crippen LogP contribution in [0.25, 0.3) is 0 Å². The molecule has 3 N–H and O–H groups in total. The van der Waals surface area contributed by atoms with Crippen LogP contribution in [-0.4, -0.2) is 42.2 Å². The largest absolute Gasteiger partial charge is 0.480 e. The van der Waals surface area contributed by atoms with E-state index in [4.69, 9.17) is 5.11 Å². The van der Waals surface area contributed by atoms with Crippen LogP contribution >= 0.6 is 0 Å². The summed E-state index contributed by atoms with van der Waals surface area (Å²) in [5.41, 5.74) is 0. The van der Waals surface area contributed by atoms with Gasteiger partial charge in [0, 0.05) is 0 Å². The van der Waals surface area contributed by atoms with Gasteiger partial charge in [-0.2, -0.15) is 0 Å². The van der Waals surface area contributed by atoms with Crippen molar-refractivity contribution in [1.29, 1.82) is 0 Å². The van der Waals surface area contributed by atoms with Crippen molar-refractivity contribution >= 4 is 5.97 Å². The molecule has 7 nitrogen and oxygen atoms in total. The number of aliphatic carboxylic acids is 1. The monoisotopic (exact) mass is 215 g/mol. The molecule has 15 heavy (non-hydrogen) atoms. The summed E-state index contributed by atoms with van der Waals surface area (Å²) in [5, 5.41) is 34.6. The van der Waals surface area contributed by atoms with Gasteiger partial charge in [-0.05, 0) is 13.8 Å². The third-order valence-corrected chi connectivity index (χ3v) is 1.98. The zero-order valence-corrected chi connectivity index (χ0v) is 8.40. The molecule has 0 bridgehead atoms. The van der Waals surface area contributed by atoms with Crippen molar-refractivity contribution < 1.29 is 20.1 Å². The normalized spacial score (nSPS) is 17.1. The molecule has 0 saturated carbocycles. The van der Waals surface area contributed by atoms with Gasteiger partial charge in [-0.3, -0.25) is 4.57 Å². The maximum absolute atomic E-state index is 10.9. The molecule has 0 radical (unpaired) electrons. The topological polar surface area (TPSA) is 108 Å². The van der Waals surface area contributed by atoms with Gasteiger partial charge in [-0.25, -0.2) is 4.79 Å². The molecule has 0 aliphatic rings. The molecule has 0 spiro atoms. The minimum atomic E-state index is -1.20. The number of carboxylic acid groups (broad SMARTS) is 1. The molecule has 0 saturated heterocycles. The van der Waals surface area contributed by atoms with E-state index < -0.39 is 24.2 Å². The molecule has 1 aromatic heterocycles. The Morgan fingerprint density at radius 1 is 1.47 bits per heavy atom. The lowest BCUT2D eigenvalue weighted by Crippen LogP contribution is -2.30. The molecule has 1 rings (SSSR count). The van der Waals surface area contributed by atoms with Gasteiger partial charge in [0.05, 0.1) is 6.10 Å². The maximum atomic E-state index is 10.9. The number of hydrogen-bond acceptors (Lipinski definition) is 5. The fraction of sp³-hybridized carbons (Fsp3) is 0.625. The molecule has 0 aliphatic carbocycles. The number of carboxylic acids is 1. The van der Waals surface area contributed by atoms with Crippen LogP contribution in [0.2, 0.25) is 0 Å². The average Bonchev–Trinajstić information content (AvgIpc) is 2.51. The summed E-state index contributed by atoms with van der Waals surface area (Å²) >= 11 is 0. The lowest BCUT2D eigenvalue weighted by Gasteiger charge is -2.19. The summed E-state index contributed by atoms with van der Waals surface area (Å²) < 4.78 is 1.15. The highest BCUT2D eigenvalue weighted by atomic mass is 16.4. The summed E-state index contributed by atoms with van der Waals surface area (Å²) in [4.78, 5) is 10.9. The summed E-state index contributed by atoms with van der Waals surface area (Å²) in [6.45, 7) is 2.80. The van der Waals surface area contributed by atoms with Crippen LogP contribution in [0.5, 0.6) is 0 Å². The number of rotatable bonds is 4. The Kier molecular flexibility index (Phi) is 3.38. The Morgan fingerprint density at radius 2 is 2.07 bits per heavy atom. The van der Waals surface area contributed by atoms with Crippen molar-refractivity contribution in [3.63, 3.8) is 0 Å². The Hall–Kier alpha value is -1.47. The van der Waals surface area contributed by atoms with Crippen molar-refractivity contribution in [1.82, 2.24) is 14.8 Å². The van der Waals surface area contributed by atoms with E-state index in [1.807, 2.05) is 0 Å². The third kappa shape index (κ3) is 2.31. The summed E-state index contributed by atoms with van der Waals surface area (Å²) in [6, 6.07) is -1.19. The predicted molar refractivity (Wildman–Crippen MR) is 49.0 cm³/mol. The van der Waals surface area contributed by atoms with Gasteiger partial charge < -0.3 is 15.3 Å². The Labute approximate surface area is 86.0 Å². The van der Waals surface area contributed by atoms with Gasteiger partial charge in [-0.15, -0.1) is 10.2 Å². The van der Waals surface area contributed by atoms with Crippen LogP contribution in [0.15, 0.2) is 6.33 Å². The second kappa shape index (κ2) is 4.37. The molecule has 0 fully saturated rings. The Morgan fingerprint density at radius 3 is 2.47 bits per heavy atom. The minimum absolute atomic E-state index is 0.114. The van der Waals surface area contributed by atoms with E-state index in [2.05, 4.69) is 10.2 Å². The van der Waals surface area contributed by atoms with Gasteiger partial charge in [0.25, 0.3) is 0 Å². The lowest BCUT2D eigenvalue weighted by molar-refractivity contribution is -0.144. The molecule has 0 aromatic carbocycles. The Balaban J connectivity index is 3.11. The van der Waals surface area contributed by atoms with Crippen LogP contribution in [0, 0.1) is 0 Å². The molecule has 1 heterocycles. The first-order valence-corrected chi connectivity index (χ1v) is 4.43. The van der Waals surface area contributed by atoms with E-state index in [0.717, 1.165) is 4.57 Å². The molecule has 1 aromatic rings. The minimum Gasteiger partial charge on any atom is -0.480 e. The highest BCUT2D eigenvalue weighted by Crippen LogP contribution is 2.17. The summed E-state index contributed by atoms with van der Waals surface area (Å²) in [6.07, 6.45) is -0.864. The van der Waals surface area contributed by atoms with Gasteiger partial charge in [0.1, 0.15) is 12.4 Å². The van der Waals surface area contributed by atoms with E-state index in [-0.39, 0.29) is 5.82 Å². The molecule has 7 heteroatoms. The molecule has 3 atom stereocenters. The van der Waals surface area contributed by atoms with Crippen molar-refractivity contribution in [3.05, 3.63) is 12.2 Å². The van der Waals surface area contributed by atoms with E-state index in [9.17, 15) is 15.0 Å². The Bertz CT molecular complexity index is 347. The highest BCUT2D eigenvalue weighted by molar-refractivity contribution is 5.72. The van der Waals surface area contributed by atoms with Crippen LogP contribution in [0.4, 0.5) is 0 Å². The number of carbonyl (C=O) groups is 1. The number of aliphatic hydroxyl groups excluding tert-OH is 2. The number of aromatic nitrogens is 3. The number of aliphatic hydroxyl groups is 2. The fourth-order valence-corrected chi connectivity index (χ4v) is 1.32. The second-order valence-electron chi connectivity index (χ2n) is 3.30. The first-order chi connectivity index (χ1) is 6.95. The molecular weight excluding hydrogens is 202 g/mol. The zero-order valence-electron chi connectivity index (χ0n) is 8.40. The van der Waals surface area contributed by atoms with Crippen molar-refractivity contribution in [2.45, 2.75) is 32.1 Å². The van der Waals surface area contributed by atoms with Crippen LogP contribution in [0.3, 0.4) is 0 Å². The van der Waals surface area contributed by atoms with Crippen LogP contribution in [0.1, 0.15) is 31.8 Å². The lowest BCUT2D eigenvalue weighted by atomic mass is 10.1. The predicted octanol–water partition coefficient (Wildman–Crippen LogP) is -0.662. The SMILES string of the molecule is CC(O)c1nncn1C(C(=O)O)C(C)O. The van der Waals surface area contributed by atoms with Gasteiger partial charge >= 0.3 is 5.97 Å². The molecule has 0 aliphatic heterocycles. The first-order valence-electron chi connectivity index (χ1n) is 4.43. The van der Waals surface area contributed by atoms with Crippen molar-refractivity contribution in [2.75, 3.05) is 0 Å². The first kappa shape index (κ1) is 11.6. The fourth-order valence-electron chi connectivity index (χ4n) is 1.32. The average molecular weight is 215 g/mol. The highest BCUT2D eigenvalue weighted by Gasteiger charge is 2.28. The summed E-state index contributed by atoms with van der Waals surface area (Å²) in [7, 11) is 0. The van der Waals surface area contributed by atoms with E-state index in [0.29, 0.717) is 0 Å².